The fourth-order valence-electron chi connectivity index (χ4n) is 5.37. The molecule has 0 unspecified atom stereocenters. The predicted molar refractivity (Wildman–Crippen MR) is 149 cm³/mol. The van der Waals surface area contributed by atoms with Gasteiger partial charge in [0.15, 0.2) is 5.43 Å². The third-order valence-electron chi connectivity index (χ3n) is 7.44. The molecule has 3 aromatic carbocycles. The number of aromatic nitrogens is 1. The van der Waals surface area contributed by atoms with Crippen molar-refractivity contribution in [2.45, 2.75) is 26.3 Å². The van der Waals surface area contributed by atoms with Crippen LogP contribution in [0.4, 0.5) is 18.9 Å². The molecule has 1 amide bonds. The van der Waals surface area contributed by atoms with E-state index in [4.69, 9.17) is 4.74 Å². The topological polar surface area (TPSA) is 54.8 Å². The van der Waals surface area contributed by atoms with Crippen molar-refractivity contribution in [2.24, 2.45) is 0 Å². The molecular weight excluding hydrogens is 519 g/mol. The average molecular weight is 550 g/mol. The van der Waals surface area contributed by atoms with E-state index in [1.54, 1.807) is 11.0 Å². The van der Waals surface area contributed by atoms with Crippen LogP contribution in [0.3, 0.4) is 0 Å². The number of alkyl halides is 3. The molecular formula is C31H30F3N3O3. The highest BCUT2D eigenvalue weighted by Crippen LogP contribution is 2.32. The van der Waals surface area contributed by atoms with Crippen LogP contribution in [-0.4, -0.2) is 48.7 Å². The normalized spacial score (nSPS) is 14.1. The molecule has 0 spiro atoms. The number of nitrogens with zero attached hydrogens (tertiary/aromatic N) is 3. The molecule has 1 aromatic heterocycles. The Hall–Kier alpha value is -4.11. The molecule has 208 valence electrons. The number of aryl methyl sites for hydroxylation is 1. The lowest BCUT2D eigenvalue weighted by molar-refractivity contribution is -0.137. The van der Waals surface area contributed by atoms with E-state index in [0.717, 1.165) is 34.2 Å². The van der Waals surface area contributed by atoms with E-state index in [2.05, 4.69) is 6.07 Å². The fraction of sp³-hybridized carbons (Fsp3) is 0.290. The highest BCUT2D eigenvalue weighted by atomic mass is 19.4. The number of hydrogen-bond acceptors (Lipinski definition) is 4. The van der Waals surface area contributed by atoms with Crippen LogP contribution in [0.2, 0.25) is 0 Å². The maximum Gasteiger partial charge on any atom is 0.416 e. The molecule has 0 atom stereocenters. The van der Waals surface area contributed by atoms with Crippen LogP contribution in [0.1, 0.15) is 32.9 Å². The number of fused-ring (bicyclic) bond motifs is 1. The molecule has 0 aliphatic carbocycles. The first kappa shape index (κ1) is 27.5. The predicted octanol–water partition coefficient (Wildman–Crippen LogP) is 5.49. The summed E-state index contributed by atoms with van der Waals surface area (Å²) in [7, 11) is 1.52. The van der Waals surface area contributed by atoms with E-state index in [9.17, 15) is 22.8 Å². The minimum Gasteiger partial charge on any atom is -0.378 e. The number of pyridine rings is 1. The molecule has 2 heterocycles. The Balaban J connectivity index is 1.43. The zero-order valence-electron chi connectivity index (χ0n) is 22.4. The van der Waals surface area contributed by atoms with Crippen molar-refractivity contribution in [1.82, 2.24) is 9.47 Å². The highest BCUT2D eigenvalue weighted by Gasteiger charge is 2.32. The first-order chi connectivity index (χ1) is 19.2. The van der Waals surface area contributed by atoms with Gasteiger partial charge >= 0.3 is 6.18 Å². The maximum atomic E-state index is 13.8. The molecule has 1 saturated heterocycles. The molecule has 1 aliphatic rings. The summed E-state index contributed by atoms with van der Waals surface area (Å²) < 4.78 is 47.0. The van der Waals surface area contributed by atoms with E-state index in [0.29, 0.717) is 31.0 Å². The van der Waals surface area contributed by atoms with Crippen LogP contribution in [-0.2, 0) is 24.1 Å². The molecule has 0 bridgehead atoms. The van der Waals surface area contributed by atoms with E-state index in [1.165, 1.54) is 19.2 Å². The number of halogens is 3. The van der Waals surface area contributed by atoms with E-state index in [1.807, 2.05) is 52.8 Å². The summed E-state index contributed by atoms with van der Waals surface area (Å²) in [5.41, 5.74) is 1.72. The van der Waals surface area contributed by atoms with Crippen molar-refractivity contribution in [3.8, 4) is 0 Å². The number of rotatable bonds is 6. The minimum atomic E-state index is -4.43. The maximum absolute atomic E-state index is 13.8. The molecule has 0 radical (unpaired) electrons. The number of piperazine rings is 1. The quantitative estimate of drug-likeness (QED) is 0.320. The van der Waals surface area contributed by atoms with Gasteiger partial charge in [0.05, 0.1) is 17.9 Å². The van der Waals surface area contributed by atoms with Gasteiger partial charge in [0.1, 0.15) is 5.56 Å². The van der Waals surface area contributed by atoms with Crippen molar-refractivity contribution in [3.05, 3.63) is 111 Å². The zero-order chi connectivity index (χ0) is 28.4. The lowest BCUT2D eigenvalue weighted by Crippen LogP contribution is -2.50. The van der Waals surface area contributed by atoms with Gasteiger partial charge in [-0.1, -0.05) is 48.5 Å². The molecule has 40 heavy (non-hydrogen) atoms. The number of anilines is 1. The summed E-state index contributed by atoms with van der Waals surface area (Å²) in [5, 5.41) is 2.19. The lowest BCUT2D eigenvalue weighted by Gasteiger charge is -2.36. The lowest BCUT2D eigenvalue weighted by atomic mass is 10.0. The molecule has 4 aromatic rings. The van der Waals surface area contributed by atoms with Gasteiger partial charge in [0, 0.05) is 57.3 Å². The Morgan fingerprint density at radius 1 is 0.925 bits per heavy atom. The number of carbonyl (C=O) groups is 1. The fourth-order valence-corrected chi connectivity index (χ4v) is 5.37. The van der Waals surface area contributed by atoms with Gasteiger partial charge in [-0.2, -0.15) is 13.2 Å². The number of ether oxygens (including phenoxy) is 1. The van der Waals surface area contributed by atoms with Crippen LogP contribution in [0, 0.1) is 6.92 Å². The van der Waals surface area contributed by atoms with Crippen molar-refractivity contribution in [1.29, 1.82) is 0 Å². The second kappa shape index (κ2) is 11.2. The van der Waals surface area contributed by atoms with Gasteiger partial charge in [-0.25, -0.2) is 0 Å². The third kappa shape index (κ3) is 5.47. The summed E-state index contributed by atoms with van der Waals surface area (Å²) in [6.45, 7) is 3.62. The summed E-state index contributed by atoms with van der Waals surface area (Å²) in [6, 6.07) is 20.8. The van der Waals surface area contributed by atoms with Crippen molar-refractivity contribution in [2.75, 3.05) is 38.2 Å². The molecule has 9 heteroatoms. The standard InChI is InChI=1S/C31H30F3N3O3/c1-21-17-28(38)29(27(20-40-2)37(21)19-23-9-5-8-22-7-3-4-12-26(22)23)30(39)36-15-13-35(14-16-36)25-11-6-10-24(18-25)31(32,33)34/h3-12,17-18H,13-16,19-20H2,1-2H3. The van der Waals surface area contributed by atoms with Crippen molar-refractivity contribution in [3.63, 3.8) is 0 Å². The van der Waals surface area contributed by atoms with Crippen molar-refractivity contribution < 1.29 is 22.7 Å². The smallest absolute Gasteiger partial charge is 0.378 e. The number of benzene rings is 3. The number of carbonyl (C=O) groups excluding carboxylic acids is 1. The Morgan fingerprint density at radius 3 is 2.35 bits per heavy atom. The van der Waals surface area contributed by atoms with E-state index >= 15 is 0 Å². The highest BCUT2D eigenvalue weighted by molar-refractivity contribution is 5.95. The molecule has 1 aliphatic heterocycles. The number of amides is 1. The van der Waals surface area contributed by atoms with Gasteiger partial charge in [0.25, 0.3) is 5.91 Å². The van der Waals surface area contributed by atoms with Gasteiger partial charge in [-0.3, -0.25) is 9.59 Å². The molecule has 5 rings (SSSR count). The number of hydrogen-bond donors (Lipinski definition) is 0. The first-order valence-corrected chi connectivity index (χ1v) is 13.1. The van der Waals surface area contributed by atoms with Crippen LogP contribution < -0.4 is 10.3 Å². The summed E-state index contributed by atoms with van der Waals surface area (Å²) in [6.07, 6.45) is -4.43. The summed E-state index contributed by atoms with van der Waals surface area (Å²) in [5.74, 6) is -0.396. The third-order valence-corrected chi connectivity index (χ3v) is 7.44. The Morgan fingerprint density at radius 2 is 1.62 bits per heavy atom. The second-order valence-corrected chi connectivity index (χ2v) is 9.96. The summed E-state index contributed by atoms with van der Waals surface area (Å²) >= 11 is 0. The monoisotopic (exact) mass is 549 g/mol. The average Bonchev–Trinajstić information content (AvgIpc) is 2.95. The van der Waals surface area contributed by atoms with Crippen LogP contribution in [0.25, 0.3) is 10.8 Å². The Labute approximate surface area is 230 Å². The van der Waals surface area contributed by atoms with Gasteiger partial charge in [0.2, 0.25) is 0 Å². The van der Waals surface area contributed by atoms with Gasteiger partial charge in [-0.05, 0) is 41.5 Å². The van der Waals surface area contributed by atoms with Gasteiger partial charge in [-0.15, -0.1) is 0 Å². The first-order valence-electron chi connectivity index (χ1n) is 13.1. The number of methoxy groups -OCH3 is 1. The Bertz CT molecular complexity index is 1600. The van der Waals surface area contributed by atoms with Crippen LogP contribution >= 0.6 is 0 Å². The Kier molecular flexibility index (Phi) is 7.67. The SMILES string of the molecule is COCc1c(C(=O)N2CCN(c3cccc(C(F)(F)F)c3)CC2)c(=O)cc(C)n1Cc1cccc2ccccc12. The van der Waals surface area contributed by atoms with Crippen LogP contribution in [0.5, 0.6) is 0 Å². The van der Waals surface area contributed by atoms with E-state index < -0.39 is 17.6 Å². The largest absolute Gasteiger partial charge is 0.416 e. The van der Waals surface area contributed by atoms with E-state index in [-0.39, 0.29) is 30.7 Å². The second-order valence-electron chi connectivity index (χ2n) is 9.96. The molecule has 6 nitrogen and oxygen atoms in total. The molecule has 1 fully saturated rings. The minimum absolute atomic E-state index is 0.0696. The van der Waals surface area contributed by atoms with Crippen LogP contribution in [0.15, 0.2) is 77.6 Å². The van der Waals surface area contributed by atoms with Crippen molar-refractivity contribution >= 4 is 22.4 Å². The summed E-state index contributed by atoms with van der Waals surface area (Å²) in [4.78, 5) is 30.4. The van der Waals surface area contributed by atoms with Gasteiger partial charge < -0.3 is 19.1 Å². The zero-order valence-corrected chi connectivity index (χ0v) is 22.4. The molecule has 0 N–H and O–H groups in total. The molecule has 0 saturated carbocycles.